The number of hydrazine groups is 1. The first-order valence-electron chi connectivity index (χ1n) is 5.48. The highest BCUT2D eigenvalue weighted by Crippen LogP contribution is 2.22. The number of nitrogens with zero attached hydrogens (tertiary/aromatic N) is 5. The van der Waals surface area contributed by atoms with Gasteiger partial charge in [-0.25, -0.2) is 14.7 Å². The second-order valence-electron chi connectivity index (χ2n) is 3.98. The SMILES string of the molecule is Cc1ccnc(N2NC=C(n3ccnn3)C2O)c1. The summed E-state index contributed by atoms with van der Waals surface area (Å²) in [5.41, 5.74) is 4.62. The molecule has 2 aromatic heterocycles. The topological polar surface area (TPSA) is 79.1 Å². The molecule has 0 fully saturated rings. The molecule has 0 amide bonds. The molecule has 0 spiro atoms. The lowest BCUT2D eigenvalue weighted by Crippen LogP contribution is -2.39. The molecule has 0 radical (unpaired) electrons. The first-order valence-corrected chi connectivity index (χ1v) is 5.48. The average Bonchev–Trinajstić information content (AvgIpc) is 2.97. The van der Waals surface area contributed by atoms with E-state index in [1.165, 1.54) is 4.68 Å². The minimum Gasteiger partial charge on any atom is -0.367 e. The number of aryl methyl sites for hydroxylation is 1. The van der Waals surface area contributed by atoms with Crippen molar-refractivity contribution in [2.75, 3.05) is 5.01 Å². The Hall–Kier alpha value is -2.41. The van der Waals surface area contributed by atoms with Crippen molar-refractivity contribution in [2.45, 2.75) is 13.2 Å². The molecule has 2 aromatic rings. The zero-order valence-corrected chi connectivity index (χ0v) is 9.72. The van der Waals surface area contributed by atoms with Gasteiger partial charge in [0.25, 0.3) is 0 Å². The van der Waals surface area contributed by atoms with Crippen molar-refractivity contribution in [3.8, 4) is 0 Å². The normalized spacial score (nSPS) is 18.7. The van der Waals surface area contributed by atoms with Gasteiger partial charge in [-0.15, -0.1) is 5.10 Å². The summed E-state index contributed by atoms with van der Waals surface area (Å²) in [6.45, 7) is 1.97. The van der Waals surface area contributed by atoms with E-state index in [2.05, 4.69) is 20.7 Å². The molecule has 1 aliphatic rings. The van der Waals surface area contributed by atoms with Gasteiger partial charge >= 0.3 is 0 Å². The maximum absolute atomic E-state index is 10.2. The number of nitrogens with one attached hydrogen (secondary N) is 1. The van der Waals surface area contributed by atoms with Crippen LogP contribution in [0.15, 0.2) is 36.9 Å². The minimum absolute atomic E-state index is 0.593. The largest absolute Gasteiger partial charge is 0.367 e. The number of hydrogen-bond acceptors (Lipinski definition) is 6. The van der Waals surface area contributed by atoms with Gasteiger partial charge in [0, 0.05) is 12.4 Å². The van der Waals surface area contributed by atoms with Gasteiger partial charge in [-0.3, -0.25) is 5.43 Å². The molecule has 3 rings (SSSR count). The Morgan fingerprint density at radius 1 is 1.39 bits per heavy atom. The summed E-state index contributed by atoms with van der Waals surface area (Å²) in [6.07, 6.45) is 5.74. The summed E-state index contributed by atoms with van der Waals surface area (Å²) in [5.74, 6) is 0.647. The molecular formula is C11H12N6O. The smallest absolute Gasteiger partial charge is 0.192 e. The molecule has 7 heteroatoms. The van der Waals surface area contributed by atoms with Crippen LogP contribution in [-0.4, -0.2) is 31.3 Å². The standard InChI is InChI=1S/C11H12N6O/c1-8-2-3-12-10(6-8)17-11(18)9(7-14-17)16-5-4-13-15-16/h2-7,11,14,18H,1H3. The Bertz CT molecular complexity index is 579. The molecule has 18 heavy (non-hydrogen) atoms. The summed E-state index contributed by atoms with van der Waals surface area (Å²) >= 11 is 0. The monoisotopic (exact) mass is 244 g/mol. The number of aliphatic hydroxyl groups excluding tert-OH is 1. The molecule has 3 heterocycles. The second-order valence-corrected chi connectivity index (χ2v) is 3.98. The molecule has 0 aromatic carbocycles. The number of anilines is 1. The molecule has 0 bridgehead atoms. The molecule has 1 atom stereocenters. The third kappa shape index (κ3) is 1.70. The highest BCUT2D eigenvalue weighted by atomic mass is 16.3. The molecule has 1 unspecified atom stereocenters. The number of aromatic nitrogens is 4. The Kier molecular flexibility index (Phi) is 2.45. The fourth-order valence-corrected chi connectivity index (χ4v) is 1.79. The van der Waals surface area contributed by atoms with E-state index in [0.29, 0.717) is 11.5 Å². The molecule has 7 nitrogen and oxygen atoms in total. The number of hydrogen-bond donors (Lipinski definition) is 2. The van der Waals surface area contributed by atoms with Gasteiger partial charge in [-0.1, -0.05) is 5.21 Å². The molecule has 2 N–H and O–H groups in total. The minimum atomic E-state index is -0.860. The van der Waals surface area contributed by atoms with E-state index >= 15 is 0 Å². The predicted octanol–water partition coefficient (Wildman–Crippen LogP) is 0.123. The third-order valence-corrected chi connectivity index (χ3v) is 2.70. The summed E-state index contributed by atoms with van der Waals surface area (Å²) in [5, 5.41) is 19.3. The van der Waals surface area contributed by atoms with E-state index in [-0.39, 0.29) is 0 Å². The van der Waals surface area contributed by atoms with Gasteiger partial charge in [-0.05, 0) is 24.6 Å². The first kappa shape index (κ1) is 10.7. The van der Waals surface area contributed by atoms with Gasteiger partial charge in [0.15, 0.2) is 6.23 Å². The van der Waals surface area contributed by atoms with Crippen molar-refractivity contribution in [1.82, 2.24) is 25.4 Å². The van der Waals surface area contributed by atoms with Crippen molar-refractivity contribution in [2.24, 2.45) is 0 Å². The van der Waals surface area contributed by atoms with Gasteiger partial charge in [0.1, 0.15) is 11.5 Å². The lowest BCUT2D eigenvalue weighted by atomic mass is 10.3. The van der Waals surface area contributed by atoms with Crippen LogP contribution in [-0.2, 0) is 0 Å². The van der Waals surface area contributed by atoms with E-state index in [9.17, 15) is 5.11 Å². The number of aliphatic hydroxyl groups is 1. The Balaban J connectivity index is 1.87. The van der Waals surface area contributed by atoms with E-state index in [4.69, 9.17) is 0 Å². The van der Waals surface area contributed by atoms with Crippen LogP contribution in [0.1, 0.15) is 5.56 Å². The van der Waals surface area contributed by atoms with E-state index in [0.717, 1.165) is 5.56 Å². The van der Waals surface area contributed by atoms with Crippen LogP contribution in [0.2, 0.25) is 0 Å². The summed E-state index contributed by atoms with van der Waals surface area (Å²) < 4.78 is 1.51. The molecular weight excluding hydrogens is 232 g/mol. The zero-order valence-electron chi connectivity index (χ0n) is 9.72. The van der Waals surface area contributed by atoms with E-state index < -0.39 is 6.23 Å². The fraction of sp³-hybridized carbons (Fsp3) is 0.182. The van der Waals surface area contributed by atoms with Crippen molar-refractivity contribution >= 4 is 11.5 Å². The number of rotatable bonds is 2. The van der Waals surface area contributed by atoms with Crippen LogP contribution in [0.3, 0.4) is 0 Å². The quantitative estimate of drug-likeness (QED) is 0.781. The second kappa shape index (κ2) is 4.11. The van der Waals surface area contributed by atoms with Crippen molar-refractivity contribution in [3.63, 3.8) is 0 Å². The Morgan fingerprint density at radius 3 is 3.00 bits per heavy atom. The van der Waals surface area contributed by atoms with Gasteiger partial charge in [0.05, 0.1) is 12.4 Å². The van der Waals surface area contributed by atoms with Gasteiger partial charge in [0.2, 0.25) is 0 Å². The van der Waals surface area contributed by atoms with Crippen molar-refractivity contribution in [1.29, 1.82) is 0 Å². The van der Waals surface area contributed by atoms with Crippen LogP contribution in [0, 0.1) is 6.92 Å². The van der Waals surface area contributed by atoms with Crippen molar-refractivity contribution in [3.05, 3.63) is 42.5 Å². The van der Waals surface area contributed by atoms with Crippen LogP contribution >= 0.6 is 0 Å². The average molecular weight is 244 g/mol. The lowest BCUT2D eigenvalue weighted by Gasteiger charge is -2.22. The maximum Gasteiger partial charge on any atom is 0.192 e. The van der Waals surface area contributed by atoms with E-state index in [1.54, 1.807) is 29.8 Å². The summed E-state index contributed by atoms with van der Waals surface area (Å²) in [7, 11) is 0. The summed E-state index contributed by atoms with van der Waals surface area (Å²) in [4.78, 5) is 4.21. The highest BCUT2D eigenvalue weighted by Gasteiger charge is 2.28. The third-order valence-electron chi connectivity index (χ3n) is 2.70. The highest BCUT2D eigenvalue weighted by molar-refractivity contribution is 5.59. The molecule has 0 saturated heterocycles. The Labute approximate surface area is 103 Å². The molecule has 92 valence electrons. The van der Waals surface area contributed by atoms with Crippen molar-refractivity contribution < 1.29 is 5.11 Å². The van der Waals surface area contributed by atoms with E-state index in [1.807, 2.05) is 19.1 Å². The van der Waals surface area contributed by atoms with Gasteiger partial charge < -0.3 is 5.11 Å². The predicted molar refractivity (Wildman–Crippen MR) is 64.9 cm³/mol. The van der Waals surface area contributed by atoms with Crippen LogP contribution < -0.4 is 10.4 Å². The Morgan fingerprint density at radius 2 is 2.28 bits per heavy atom. The lowest BCUT2D eigenvalue weighted by molar-refractivity contribution is 0.219. The van der Waals surface area contributed by atoms with Crippen LogP contribution in [0.25, 0.3) is 5.70 Å². The fourth-order valence-electron chi connectivity index (χ4n) is 1.79. The van der Waals surface area contributed by atoms with Crippen LogP contribution in [0.4, 0.5) is 5.82 Å². The zero-order chi connectivity index (χ0) is 12.5. The summed E-state index contributed by atoms with van der Waals surface area (Å²) in [6, 6.07) is 3.78. The first-order chi connectivity index (χ1) is 8.75. The number of pyridine rings is 1. The molecule has 1 aliphatic heterocycles. The maximum atomic E-state index is 10.2. The van der Waals surface area contributed by atoms with Gasteiger partial charge in [-0.2, -0.15) is 0 Å². The molecule has 0 saturated carbocycles. The molecule has 0 aliphatic carbocycles. The van der Waals surface area contributed by atoms with Crippen LogP contribution in [0.5, 0.6) is 0 Å².